The number of hydrogen-bond donors (Lipinski definition) is 0. The van der Waals surface area contributed by atoms with Gasteiger partial charge in [-0.3, -0.25) is 4.79 Å². The molecule has 0 unspecified atom stereocenters. The van der Waals surface area contributed by atoms with Crippen molar-refractivity contribution in [1.29, 1.82) is 0 Å². The number of halogens is 2. The molecule has 2 rings (SSSR count). The molecule has 0 N–H and O–H groups in total. The van der Waals surface area contributed by atoms with Gasteiger partial charge in [-0.2, -0.15) is 0 Å². The molecule has 2 aromatic rings. The van der Waals surface area contributed by atoms with Gasteiger partial charge in [-0.15, -0.1) is 11.3 Å². The third-order valence-corrected chi connectivity index (χ3v) is 3.82. The van der Waals surface area contributed by atoms with Crippen LogP contribution in [0, 0.1) is 6.92 Å². The molecular formula is C12H9Cl2NOS. The first kappa shape index (κ1) is 12.6. The van der Waals surface area contributed by atoms with Crippen LogP contribution in [0.5, 0.6) is 0 Å². The number of rotatable bonds is 3. The van der Waals surface area contributed by atoms with Crippen molar-refractivity contribution in [3.8, 4) is 0 Å². The van der Waals surface area contributed by atoms with Crippen molar-refractivity contribution in [2.45, 2.75) is 13.3 Å². The van der Waals surface area contributed by atoms with Gasteiger partial charge in [-0.25, -0.2) is 4.98 Å². The Kier molecular flexibility index (Phi) is 3.82. The summed E-state index contributed by atoms with van der Waals surface area (Å²) in [6, 6.07) is 5.04. The molecule has 1 aromatic heterocycles. The number of hydrogen-bond acceptors (Lipinski definition) is 3. The van der Waals surface area contributed by atoms with Crippen LogP contribution in [-0.4, -0.2) is 10.8 Å². The molecule has 0 aliphatic rings. The number of nitrogens with zero attached hydrogens (tertiary/aromatic N) is 1. The van der Waals surface area contributed by atoms with Crippen molar-refractivity contribution in [1.82, 2.24) is 4.98 Å². The second-order valence-corrected chi connectivity index (χ2v) is 5.34. The zero-order chi connectivity index (χ0) is 12.4. The number of Topliss-reactive ketones (excluding diaryl/α,β-unsaturated/α-hetero) is 1. The van der Waals surface area contributed by atoms with Gasteiger partial charge in [0.2, 0.25) is 0 Å². The topological polar surface area (TPSA) is 30.0 Å². The zero-order valence-electron chi connectivity index (χ0n) is 9.04. The van der Waals surface area contributed by atoms with Crippen molar-refractivity contribution < 1.29 is 4.79 Å². The van der Waals surface area contributed by atoms with Gasteiger partial charge in [0, 0.05) is 11.1 Å². The minimum Gasteiger partial charge on any atom is -0.294 e. The highest BCUT2D eigenvalue weighted by Gasteiger charge is 2.16. The number of thiazole rings is 1. The molecular weight excluding hydrogens is 277 g/mol. The Balaban J connectivity index is 2.26. The van der Waals surface area contributed by atoms with Gasteiger partial charge < -0.3 is 0 Å². The normalized spacial score (nSPS) is 10.5. The van der Waals surface area contributed by atoms with Crippen molar-refractivity contribution in [2.24, 2.45) is 0 Å². The van der Waals surface area contributed by atoms with Crippen molar-refractivity contribution in [2.75, 3.05) is 0 Å². The fourth-order valence-corrected chi connectivity index (χ4v) is 2.85. The Labute approximate surface area is 113 Å². The maximum absolute atomic E-state index is 12.1. The molecule has 88 valence electrons. The van der Waals surface area contributed by atoms with Gasteiger partial charge in [0.25, 0.3) is 0 Å². The summed E-state index contributed by atoms with van der Waals surface area (Å²) in [6.07, 6.45) is 0.238. The average Bonchev–Trinajstić information content (AvgIpc) is 2.63. The smallest absolute Gasteiger partial charge is 0.172 e. The molecule has 0 atom stereocenters. The molecule has 0 fully saturated rings. The van der Waals surface area contributed by atoms with Crippen LogP contribution >= 0.6 is 34.5 Å². The number of benzene rings is 1. The fourth-order valence-electron chi connectivity index (χ4n) is 1.47. The van der Waals surface area contributed by atoms with Crippen molar-refractivity contribution >= 4 is 40.3 Å². The molecule has 0 saturated carbocycles. The van der Waals surface area contributed by atoms with E-state index in [2.05, 4.69) is 4.98 Å². The lowest BCUT2D eigenvalue weighted by Crippen LogP contribution is -2.05. The first-order valence-electron chi connectivity index (χ1n) is 4.96. The second-order valence-electron chi connectivity index (χ2n) is 3.58. The van der Waals surface area contributed by atoms with Crippen LogP contribution in [0.2, 0.25) is 10.0 Å². The predicted molar refractivity (Wildman–Crippen MR) is 71.3 cm³/mol. The van der Waals surface area contributed by atoms with Gasteiger partial charge in [0.05, 0.1) is 22.0 Å². The van der Waals surface area contributed by atoms with E-state index in [1.165, 1.54) is 11.3 Å². The first-order chi connectivity index (χ1) is 8.08. The van der Waals surface area contributed by atoms with E-state index in [9.17, 15) is 4.79 Å². The summed E-state index contributed by atoms with van der Waals surface area (Å²) in [4.78, 5) is 16.3. The van der Waals surface area contributed by atoms with Crippen LogP contribution in [0.1, 0.15) is 21.1 Å². The average molecular weight is 286 g/mol. The minimum atomic E-state index is -0.102. The van der Waals surface area contributed by atoms with E-state index >= 15 is 0 Å². The number of aromatic nitrogens is 1. The van der Waals surface area contributed by atoms with E-state index in [-0.39, 0.29) is 12.2 Å². The molecule has 2 nitrogen and oxygen atoms in total. The van der Waals surface area contributed by atoms with Crippen LogP contribution in [0.15, 0.2) is 23.6 Å². The Bertz CT molecular complexity index is 545. The molecule has 5 heteroatoms. The number of aryl methyl sites for hydroxylation is 1. The minimum absolute atomic E-state index is 0.102. The van der Waals surface area contributed by atoms with Crippen LogP contribution in [0.25, 0.3) is 0 Å². The first-order valence-corrected chi connectivity index (χ1v) is 6.59. The van der Waals surface area contributed by atoms with E-state index in [1.807, 2.05) is 12.3 Å². The lowest BCUT2D eigenvalue weighted by molar-refractivity contribution is 0.0993. The van der Waals surface area contributed by atoms with E-state index in [0.29, 0.717) is 15.6 Å². The molecule has 17 heavy (non-hydrogen) atoms. The third-order valence-electron chi connectivity index (χ3n) is 2.22. The Morgan fingerprint density at radius 3 is 2.53 bits per heavy atom. The molecule has 0 saturated heterocycles. The standard InChI is InChI=1S/C12H9Cl2NOS/c1-7-6-17-11(15-7)5-10(16)12-8(13)3-2-4-9(12)14/h2-4,6H,5H2,1H3. The summed E-state index contributed by atoms with van der Waals surface area (Å²) in [5.41, 5.74) is 1.30. The summed E-state index contributed by atoms with van der Waals surface area (Å²) >= 11 is 13.4. The number of carbonyl (C=O) groups excluding carboxylic acids is 1. The molecule has 0 spiro atoms. The second kappa shape index (κ2) is 5.17. The molecule has 0 amide bonds. The Morgan fingerprint density at radius 2 is 2.00 bits per heavy atom. The fraction of sp³-hybridized carbons (Fsp3) is 0.167. The van der Waals surface area contributed by atoms with Crippen molar-refractivity contribution in [3.05, 3.63) is 49.9 Å². The van der Waals surface area contributed by atoms with E-state index in [4.69, 9.17) is 23.2 Å². The van der Waals surface area contributed by atoms with E-state index < -0.39 is 0 Å². The van der Waals surface area contributed by atoms with Gasteiger partial charge in [-0.05, 0) is 19.1 Å². The van der Waals surface area contributed by atoms with E-state index in [0.717, 1.165) is 10.7 Å². The summed E-state index contributed by atoms with van der Waals surface area (Å²) in [7, 11) is 0. The highest BCUT2D eigenvalue weighted by molar-refractivity contribution is 7.09. The van der Waals surface area contributed by atoms with E-state index in [1.54, 1.807) is 18.2 Å². The SMILES string of the molecule is Cc1csc(CC(=O)c2c(Cl)cccc2Cl)n1. The van der Waals surface area contributed by atoms with Crippen LogP contribution in [-0.2, 0) is 6.42 Å². The predicted octanol–water partition coefficient (Wildman–Crippen LogP) is 4.18. The number of ketones is 1. The quantitative estimate of drug-likeness (QED) is 0.792. The van der Waals surface area contributed by atoms with Crippen molar-refractivity contribution in [3.63, 3.8) is 0 Å². The van der Waals surface area contributed by atoms with Crippen LogP contribution in [0.4, 0.5) is 0 Å². The number of carbonyl (C=O) groups is 1. The molecule has 1 aromatic carbocycles. The van der Waals surface area contributed by atoms with Crippen LogP contribution in [0.3, 0.4) is 0 Å². The lowest BCUT2D eigenvalue weighted by atomic mass is 10.1. The summed E-state index contributed by atoms with van der Waals surface area (Å²) < 4.78 is 0. The summed E-state index contributed by atoms with van der Waals surface area (Å²) in [5.74, 6) is -0.102. The molecule has 1 heterocycles. The molecule has 0 aliphatic carbocycles. The van der Waals surface area contributed by atoms with Gasteiger partial charge in [-0.1, -0.05) is 29.3 Å². The van der Waals surface area contributed by atoms with Gasteiger partial charge >= 0.3 is 0 Å². The monoisotopic (exact) mass is 285 g/mol. The lowest BCUT2D eigenvalue weighted by Gasteiger charge is -2.04. The van der Waals surface area contributed by atoms with Crippen LogP contribution < -0.4 is 0 Å². The highest BCUT2D eigenvalue weighted by Crippen LogP contribution is 2.26. The molecule has 0 radical (unpaired) electrons. The Hall–Kier alpha value is -0.900. The summed E-state index contributed by atoms with van der Waals surface area (Å²) in [6.45, 7) is 1.90. The zero-order valence-corrected chi connectivity index (χ0v) is 11.4. The maximum Gasteiger partial charge on any atom is 0.172 e. The van der Waals surface area contributed by atoms with Gasteiger partial charge in [0.1, 0.15) is 5.01 Å². The highest BCUT2D eigenvalue weighted by atomic mass is 35.5. The molecule has 0 bridgehead atoms. The summed E-state index contributed by atoms with van der Waals surface area (Å²) in [5, 5.41) is 3.46. The Morgan fingerprint density at radius 1 is 1.35 bits per heavy atom. The largest absolute Gasteiger partial charge is 0.294 e. The van der Waals surface area contributed by atoms with Gasteiger partial charge in [0.15, 0.2) is 5.78 Å². The maximum atomic E-state index is 12.1. The third kappa shape index (κ3) is 2.86. The molecule has 0 aliphatic heterocycles.